The van der Waals surface area contributed by atoms with E-state index in [1.54, 1.807) is 23.2 Å². The maximum absolute atomic E-state index is 12.6. The highest BCUT2D eigenvalue weighted by molar-refractivity contribution is 5.94. The molecule has 0 unspecified atom stereocenters. The summed E-state index contributed by atoms with van der Waals surface area (Å²) in [5.41, 5.74) is 5.27. The Morgan fingerprint density at radius 2 is 1.66 bits per heavy atom. The molecule has 0 radical (unpaired) electrons. The lowest BCUT2D eigenvalue weighted by Crippen LogP contribution is -2.50. The molecule has 164 valence electrons. The second-order valence-corrected chi connectivity index (χ2v) is 8.03. The number of hydrogen-bond donors (Lipinski definition) is 1. The number of carbonyl (C=O) groups is 2. The molecule has 1 saturated heterocycles. The molecule has 7 heteroatoms. The first-order valence-corrected chi connectivity index (χ1v) is 10.8. The molecule has 1 aromatic heterocycles. The average Bonchev–Trinajstić information content (AvgIpc) is 2.80. The average molecular weight is 430 g/mol. The number of rotatable bonds is 5. The van der Waals surface area contributed by atoms with E-state index in [9.17, 15) is 9.59 Å². The molecule has 7 nitrogen and oxygen atoms in total. The molecule has 3 aromatic rings. The number of piperazine rings is 1. The molecule has 4 rings (SSSR count). The van der Waals surface area contributed by atoms with Gasteiger partial charge in [-0.05, 0) is 43.2 Å². The van der Waals surface area contributed by atoms with Crippen LogP contribution in [-0.4, -0.2) is 64.3 Å². The Hall–Kier alpha value is -3.58. The zero-order chi connectivity index (χ0) is 22.5. The van der Waals surface area contributed by atoms with Gasteiger partial charge < -0.3 is 10.2 Å². The number of nitrogens with zero attached hydrogens (tertiary/aromatic N) is 4. The van der Waals surface area contributed by atoms with Crippen LogP contribution in [0.3, 0.4) is 0 Å². The second kappa shape index (κ2) is 9.70. The first-order chi connectivity index (χ1) is 15.5. The van der Waals surface area contributed by atoms with Crippen LogP contribution in [0.25, 0.3) is 17.1 Å². The third-order valence-electron chi connectivity index (χ3n) is 5.66. The van der Waals surface area contributed by atoms with Crippen molar-refractivity contribution in [3.05, 3.63) is 71.6 Å². The predicted molar refractivity (Wildman–Crippen MR) is 126 cm³/mol. The normalized spacial score (nSPS) is 14.8. The quantitative estimate of drug-likeness (QED) is 0.631. The van der Waals surface area contributed by atoms with Gasteiger partial charge in [0.1, 0.15) is 0 Å². The van der Waals surface area contributed by atoms with E-state index in [0.717, 1.165) is 27.8 Å². The summed E-state index contributed by atoms with van der Waals surface area (Å²) in [5.74, 6) is -0.0865. The van der Waals surface area contributed by atoms with Crippen molar-refractivity contribution in [1.29, 1.82) is 0 Å². The van der Waals surface area contributed by atoms with E-state index >= 15 is 0 Å². The molecule has 1 N–H and O–H groups in total. The van der Waals surface area contributed by atoms with Crippen LogP contribution in [0.4, 0.5) is 5.69 Å². The fraction of sp³-hybridized carbons (Fsp3) is 0.280. The SMILES string of the molecule is Cc1cccc(C)c1NC(=O)CN1CCN(C(=O)/C=C/c2cnc3ccccc3n2)CC1. The van der Waals surface area contributed by atoms with Crippen LogP contribution in [0, 0.1) is 13.8 Å². The number of benzene rings is 2. The van der Waals surface area contributed by atoms with Crippen molar-refractivity contribution in [1.82, 2.24) is 19.8 Å². The van der Waals surface area contributed by atoms with Gasteiger partial charge in [-0.25, -0.2) is 4.98 Å². The van der Waals surface area contributed by atoms with Crippen LogP contribution >= 0.6 is 0 Å². The largest absolute Gasteiger partial charge is 0.337 e. The van der Waals surface area contributed by atoms with E-state index in [-0.39, 0.29) is 11.8 Å². The summed E-state index contributed by atoms with van der Waals surface area (Å²) in [4.78, 5) is 37.8. The van der Waals surface area contributed by atoms with Crippen LogP contribution in [0.5, 0.6) is 0 Å². The molecule has 32 heavy (non-hydrogen) atoms. The number of anilines is 1. The molecule has 0 atom stereocenters. The lowest BCUT2D eigenvalue weighted by atomic mass is 10.1. The van der Waals surface area contributed by atoms with Gasteiger partial charge in [-0.3, -0.25) is 19.5 Å². The predicted octanol–water partition coefficient (Wildman–Crippen LogP) is 3.04. The van der Waals surface area contributed by atoms with E-state index in [2.05, 4.69) is 20.2 Å². The van der Waals surface area contributed by atoms with E-state index in [1.807, 2.05) is 56.3 Å². The highest BCUT2D eigenvalue weighted by Gasteiger charge is 2.21. The molecule has 2 heterocycles. The number of fused-ring (bicyclic) bond motifs is 1. The maximum atomic E-state index is 12.6. The minimum absolute atomic E-state index is 0.0306. The van der Waals surface area contributed by atoms with Crippen molar-refractivity contribution in [3.63, 3.8) is 0 Å². The highest BCUT2D eigenvalue weighted by Crippen LogP contribution is 2.19. The molecule has 1 aliphatic heterocycles. The van der Waals surface area contributed by atoms with Crippen LogP contribution < -0.4 is 5.32 Å². The minimum Gasteiger partial charge on any atom is -0.337 e. The number of nitrogens with one attached hydrogen (secondary N) is 1. The topological polar surface area (TPSA) is 78.4 Å². The van der Waals surface area contributed by atoms with Gasteiger partial charge in [0.2, 0.25) is 11.8 Å². The Morgan fingerprint density at radius 3 is 2.38 bits per heavy atom. The molecule has 0 saturated carbocycles. The summed E-state index contributed by atoms with van der Waals surface area (Å²) in [6.45, 7) is 6.80. The first-order valence-electron chi connectivity index (χ1n) is 10.8. The number of carbonyl (C=O) groups excluding carboxylic acids is 2. The van der Waals surface area contributed by atoms with E-state index < -0.39 is 0 Å². The summed E-state index contributed by atoms with van der Waals surface area (Å²) < 4.78 is 0. The van der Waals surface area contributed by atoms with Gasteiger partial charge in [-0.2, -0.15) is 0 Å². The summed E-state index contributed by atoms with van der Waals surface area (Å²) >= 11 is 0. The van der Waals surface area contributed by atoms with Gasteiger partial charge in [0.05, 0.1) is 29.5 Å². The fourth-order valence-corrected chi connectivity index (χ4v) is 3.83. The zero-order valence-electron chi connectivity index (χ0n) is 18.4. The van der Waals surface area contributed by atoms with Crippen molar-refractivity contribution in [2.75, 3.05) is 38.0 Å². The summed E-state index contributed by atoms with van der Waals surface area (Å²) in [6, 6.07) is 13.6. The second-order valence-electron chi connectivity index (χ2n) is 8.03. The third kappa shape index (κ3) is 5.18. The summed E-state index contributed by atoms with van der Waals surface area (Å²) in [6.07, 6.45) is 4.91. The summed E-state index contributed by atoms with van der Waals surface area (Å²) in [5, 5.41) is 3.03. The molecule has 0 bridgehead atoms. The maximum Gasteiger partial charge on any atom is 0.246 e. The van der Waals surface area contributed by atoms with E-state index in [4.69, 9.17) is 0 Å². The standard InChI is InChI=1S/C25H27N5O2/c1-18-6-5-7-19(2)25(18)28-23(31)17-29-12-14-30(15-13-29)24(32)11-10-20-16-26-21-8-3-4-9-22(21)27-20/h3-11,16H,12-15,17H2,1-2H3,(H,28,31)/b11-10+. The molecule has 2 aromatic carbocycles. The molecule has 0 spiro atoms. The van der Waals surface area contributed by atoms with Crippen molar-refractivity contribution in [2.24, 2.45) is 0 Å². The van der Waals surface area contributed by atoms with Crippen LogP contribution in [-0.2, 0) is 9.59 Å². The number of para-hydroxylation sites is 3. The Morgan fingerprint density at radius 1 is 0.969 bits per heavy atom. The van der Waals surface area contributed by atoms with Gasteiger partial charge in [0.25, 0.3) is 0 Å². The van der Waals surface area contributed by atoms with Gasteiger partial charge >= 0.3 is 0 Å². The van der Waals surface area contributed by atoms with E-state index in [1.165, 1.54) is 0 Å². The van der Waals surface area contributed by atoms with Crippen molar-refractivity contribution in [2.45, 2.75) is 13.8 Å². The van der Waals surface area contributed by atoms with E-state index in [0.29, 0.717) is 38.4 Å². The Bertz CT molecular complexity index is 1150. The molecule has 1 fully saturated rings. The van der Waals surface area contributed by atoms with Crippen molar-refractivity contribution >= 4 is 34.6 Å². The third-order valence-corrected chi connectivity index (χ3v) is 5.66. The lowest BCUT2D eigenvalue weighted by Gasteiger charge is -2.33. The fourth-order valence-electron chi connectivity index (χ4n) is 3.83. The van der Waals surface area contributed by atoms with Gasteiger partial charge in [-0.15, -0.1) is 0 Å². The molecule has 0 aliphatic carbocycles. The number of amides is 2. The van der Waals surface area contributed by atoms with Gasteiger partial charge in [0, 0.05) is 37.9 Å². The van der Waals surface area contributed by atoms with Crippen molar-refractivity contribution < 1.29 is 9.59 Å². The number of hydrogen-bond acceptors (Lipinski definition) is 5. The van der Waals surface area contributed by atoms with Gasteiger partial charge in [0.15, 0.2) is 0 Å². The minimum atomic E-state index is -0.0559. The lowest BCUT2D eigenvalue weighted by molar-refractivity contribution is -0.127. The molecule has 2 amide bonds. The number of aromatic nitrogens is 2. The smallest absolute Gasteiger partial charge is 0.246 e. The Kier molecular flexibility index (Phi) is 6.56. The van der Waals surface area contributed by atoms with Gasteiger partial charge in [-0.1, -0.05) is 30.3 Å². The zero-order valence-corrected chi connectivity index (χ0v) is 18.4. The summed E-state index contributed by atoms with van der Waals surface area (Å²) in [7, 11) is 0. The van der Waals surface area contributed by atoms with Crippen molar-refractivity contribution in [3.8, 4) is 0 Å². The number of aryl methyl sites for hydroxylation is 2. The van der Waals surface area contributed by atoms with Crippen LogP contribution in [0.2, 0.25) is 0 Å². The Labute approximate surface area is 187 Å². The monoisotopic (exact) mass is 429 g/mol. The van der Waals surface area contributed by atoms with Crippen LogP contribution in [0.1, 0.15) is 16.8 Å². The Balaban J connectivity index is 1.27. The van der Waals surface area contributed by atoms with Crippen LogP contribution in [0.15, 0.2) is 54.7 Å². The highest BCUT2D eigenvalue weighted by atomic mass is 16.2. The molecular formula is C25H27N5O2. The molecule has 1 aliphatic rings. The first kappa shape index (κ1) is 21.6. The molecular weight excluding hydrogens is 402 g/mol.